The number of aryl methyl sites for hydroxylation is 1. The second-order valence-corrected chi connectivity index (χ2v) is 6.63. The molecule has 6 nitrogen and oxygen atoms in total. The van der Waals surface area contributed by atoms with Crippen molar-refractivity contribution in [3.8, 4) is 0 Å². The number of carbonyl (C=O) groups is 1. The first-order valence-electron chi connectivity index (χ1n) is 8.38. The predicted molar refractivity (Wildman–Crippen MR) is 86.2 cm³/mol. The Morgan fingerprint density at radius 2 is 2.30 bits per heavy atom. The monoisotopic (exact) mass is 314 g/mol. The maximum Gasteiger partial charge on any atom is 0.319 e. The number of rotatable bonds is 4. The molecule has 1 fully saturated rings. The Morgan fingerprint density at radius 3 is 3.13 bits per heavy atom. The van der Waals surface area contributed by atoms with Crippen molar-refractivity contribution in [2.24, 2.45) is 5.92 Å². The number of nitrogens with zero attached hydrogens (tertiary/aromatic N) is 2. The van der Waals surface area contributed by atoms with Crippen LogP contribution in [0, 0.1) is 5.92 Å². The lowest BCUT2D eigenvalue weighted by Crippen LogP contribution is -2.33. The zero-order valence-electron chi connectivity index (χ0n) is 13.3. The van der Waals surface area contributed by atoms with Crippen molar-refractivity contribution in [2.75, 3.05) is 5.32 Å². The first-order valence-corrected chi connectivity index (χ1v) is 8.38. The van der Waals surface area contributed by atoms with Crippen LogP contribution < -0.4 is 10.6 Å². The molecule has 6 heteroatoms. The van der Waals surface area contributed by atoms with Crippen LogP contribution in [0.15, 0.2) is 29.1 Å². The van der Waals surface area contributed by atoms with Gasteiger partial charge in [-0.2, -0.15) is 5.10 Å². The molecule has 0 spiro atoms. The van der Waals surface area contributed by atoms with E-state index >= 15 is 0 Å². The molecular weight excluding hydrogens is 292 g/mol. The first kappa shape index (κ1) is 14.4. The number of amides is 2. The second-order valence-electron chi connectivity index (χ2n) is 6.63. The topological polar surface area (TPSA) is 72.1 Å². The number of anilines is 1. The van der Waals surface area contributed by atoms with Gasteiger partial charge in [0.1, 0.15) is 5.76 Å². The average Bonchev–Trinajstić information content (AvgIpc) is 3.08. The van der Waals surface area contributed by atoms with Crippen molar-refractivity contribution in [1.29, 1.82) is 0 Å². The van der Waals surface area contributed by atoms with Gasteiger partial charge in [0.15, 0.2) is 0 Å². The summed E-state index contributed by atoms with van der Waals surface area (Å²) in [6.45, 7) is 2.18. The molecule has 0 aliphatic heterocycles. The van der Waals surface area contributed by atoms with Crippen molar-refractivity contribution < 1.29 is 9.21 Å². The maximum absolute atomic E-state index is 12.2. The maximum atomic E-state index is 12.2. The lowest BCUT2D eigenvalue weighted by atomic mass is 9.93. The van der Waals surface area contributed by atoms with Crippen LogP contribution in [0.2, 0.25) is 0 Å². The summed E-state index contributed by atoms with van der Waals surface area (Å²) in [6, 6.07) is 2.19. The number of nitrogens with one attached hydrogen (secondary N) is 2. The smallest absolute Gasteiger partial charge is 0.319 e. The zero-order valence-corrected chi connectivity index (χ0v) is 13.3. The Bertz CT molecular complexity index is 701. The zero-order chi connectivity index (χ0) is 15.8. The van der Waals surface area contributed by atoms with Gasteiger partial charge in [-0.15, -0.1) is 0 Å². The predicted octanol–water partition coefficient (Wildman–Crippen LogP) is 3.65. The van der Waals surface area contributed by atoms with Crippen LogP contribution in [0.3, 0.4) is 0 Å². The van der Waals surface area contributed by atoms with Gasteiger partial charge in [0.2, 0.25) is 0 Å². The molecule has 2 aromatic rings. The Morgan fingerprint density at radius 1 is 1.43 bits per heavy atom. The first-order chi connectivity index (χ1) is 11.2. The van der Waals surface area contributed by atoms with Crippen LogP contribution in [0.1, 0.15) is 56.0 Å². The van der Waals surface area contributed by atoms with Crippen molar-refractivity contribution >= 4 is 11.7 Å². The molecular formula is C17H22N4O2. The van der Waals surface area contributed by atoms with Crippen molar-refractivity contribution in [3.63, 3.8) is 0 Å². The molecule has 2 aromatic heterocycles. The molecule has 2 atom stereocenters. The fourth-order valence-corrected chi connectivity index (χ4v) is 3.38. The molecule has 1 saturated carbocycles. The molecule has 2 aliphatic carbocycles. The summed E-state index contributed by atoms with van der Waals surface area (Å²) >= 11 is 0. The largest absolute Gasteiger partial charge is 0.469 e. The molecule has 0 unspecified atom stereocenters. The van der Waals surface area contributed by atoms with E-state index in [1.807, 2.05) is 16.9 Å². The van der Waals surface area contributed by atoms with Crippen molar-refractivity contribution in [3.05, 3.63) is 36.0 Å². The minimum Gasteiger partial charge on any atom is -0.469 e. The molecule has 0 aromatic carbocycles. The standard InChI is InChI=1S/C17H22N4O2/c1-11(12-5-6-12)21-10-13(9-18-21)19-17(22)20-15-3-2-4-16-14(15)7-8-23-16/h7-12,15H,2-6H2,1H3,(H2,19,20,22)/t11-,15+/m0/s1. The highest BCUT2D eigenvalue weighted by Crippen LogP contribution is 2.39. The van der Waals surface area contributed by atoms with Gasteiger partial charge in [-0.3, -0.25) is 4.68 Å². The summed E-state index contributed by atoms with van der Waals surface area (Å²) in [5.41, 5.74) is 1.84. The molecule has 122 valence electrons. The van der Waals surface area contributed by atoms with Crippen molar-refractivity contribution in [1.82, 2.24) is 15.1 Å². The molecule has 2 N–H and O–H groups in total. The third-order valence-corrected chi connectivity index (χ3v) is 4.94. The van der Waals surface area contributed by atoms with E-state index < -0.39 is 0 Å². The molecule has 2 heterocycles. The quantitative estimate of drug-likeness (QED) is 0.905. The Hall–Kier alpha value is -2.24. The Labute approximate surface area is 135 Å². The summed E-state index contributed by atoms with van der Waals surface area (Å²) in [6.07, 6.45) is 10.8. The minimum atomic E-state index is -0.192. The van der Waals surface area contributed by atoms with E-state index in [1.54, 1.807) is 12.5 Å². The van der Waals surface area contributed by atoms with Gasteiger partial charge >= 0.3 is 6.03 Å². The number of furan rings is 1. The van der Waals surface area contributed by atoms with E-state index in [0.717, 1.165) is 42.2 Å². The van der Waals surface area contributed by atoms with E-state index in [0.29, 0.717) is 6.04 Å². The molecule has 2 amide bonds. The SMILES string of the molecule is C[C@@H](C1CC1)n1cc(NC(=O)N[C@@H]2CCCc3occc32)cn1. The number of hydrogen-bond acceptors (Lipinski definition) is 3. The van der Waals surface area contributed by atoms with Gasteiger partial charge < -0.3 is 15.1 Å². The van der Waals surface area contributed by atoms with Gasteiger partial charge in [-0.1, -0.05) is 0 Å². The van der Waals surface area contributed by atoms with Gasteiger partial charge in [0, 0.05) is 18.2 Å². The van der Waals surface area contributed by atoms with Gasteiger partial charge in [0.05, 0.1) is 30.2 Å². The number of hydrogen-bond donors (Lipinski definition) is 2. The van der Waals surface area contributed by atoms with E-state index in [4.69, 9.17) is 4.42 Å². The van der Waals surface area contributed by atoms with Crippen molar-refractivity contribution in [2.45, 2.75) is 51.1 Å². The molecule has 0 radical (unpaired) electrons. The Kier molecular flexibility index (Phi) is 3.59. The van der Waals surface area contributed by atoms with Gasteiger partial charge in [-0.05, 0) is 44.6 Å². The van der Waals surface area contributed by atoms with E-state index in [9.17, 15) is 4.79 Å². The van der Waals surface area contributed by atoms with Crippen LogP contribution in [0.25, 0.3) is 0 Å². The van der Waals surface area contributed by atoms with Crippen LogP contribution in [0.5, 0.6) is 0 Å². The van der Waals surface area contributed by atoms with E-state index in [1.165, 1.54) is 12.8 Å². The Balaban J connectivity index is 1.37. The minimum absolute atomic E-state index is 0.0259. The average molecular weight is 314 g/mol. The van der Waals surface area contributed by atoms with Crippen LogP contribution in [-0.4, -0.2) is 15.8 Å². The fourth-order valence-electron chi connectivity index (χ4n) is 3.38. The molecule has 0 bridgehead atoms. The summed E-state index contributed by atoms with van der Waals surface area (Å²) in [5, 5.41) is 10.3. The summed E-state index contributed by atoms with van der Waals surface area (Å²) < 4.78 is 7.41. The van der Waals surface area contributed by atoms with E-state index in [2.05, 4.69) is 22.7 Å². The third kappa shape index (κ3) is 2.98. The van der Waals surface area contributed by atoms with Crippen LogP contribution in [0.4, 0.5) is 10.5 Å². The van der Waals surface area contributed by atoms with Gasteiger partial charge in [-0.25, -0.2) is 4.79 Å². The van der Waals surface area contributed by atoms with Crippen LogP contribution in [-0.2, 0) is 6.42 Å². The summed E-state index contributed by atoms with van der Waals surface area (Å²) in [4.78, 5) is 12.2. The highest BCUT2D eigenvalue weighted by atomic mass is 16.3. The highest BCUT2D eigenvalue weighted by Gasteiger charge is 2.29. The lowest BCUT2D eigenvalue weighted by molar-refractivity contribution is 0.246. The van der Waals surface area contributed by atoms with Crippen LogP contribution >= 0.6 is 0 Å². The van der Waals surface area contributed by atoms with Gasteiger partial charge in [0.25, 0.3) is 0 Å². The lowest BCUT2D eigenvalue weighted by Gasteiger charge is -2.22. The highest BCUT2D eigenvalue weighted by molar-refractivity contribution is 5.89. The number of carbonyl (C=O) groups excluding carboxylic acids is 1. The van der Waals surface area contributed by atoms with E-state index in [-0.39, 0.29) is 12.1 Å². The fraction of sp³-hybridized carbons (Fsp3) is 0.529. The second kappa shape index (κ2) is 5.76. The molecule has 0 saturated heterocycles. The molecule has 4 rings (SSSR count). The number of fused-ring (bicyclic) bond motifs is 1. The molecule has 2 aliphatic rings. The normalized spacial score (nSPS) is 21.5. The molecule has 23 heavy (non-hydrogen) atoms. The summed E-state index contributed by atoms with van der Waals surface area (Å²) in [7, 11) is 0. The third-order valence-electron chi connectivity index (χ3n) is 4.94. The number of aromatic nitrogens is 2. The summed E-state index contributed by atoms with van der Waals surface area (Å²) in [5.74, 6) is 1.73. The number of urea groups is 1.